The topological polar surface area (TPSA) is 72.8 Å². The quantitative estimate of drug-likeness (QED) is 0.455. The third-order valence-electron chi connectivity index (χ3n) is 3.01. The minimum absolute atomic E-state index is 0.316. The molecule has 1 aromatic carbocycles. The molecule has 0 unspecified atom stereocenters. The van der Waals surface area contributed by atoms with Gasteiger partial charge in [0.05, 0.1) is 29.6 Å². The van der Waals surface area contributed by atoms with Crippen molar-refractivity contribution < 1.29 is 14.3 Å². The minimum atomic E-state index is -0.316. The number of carbonyl (C=O) groups is 1. The Hall–Kier alpha value is -2.16. The Morgan fingerprint density at radius 1 is 1.30 bits per heavy atom. The summed E-state index contributed by atoms with van der Waals surface area (Å²) in [4.78, 5) is 16.0. The van der Waals surface area contributed by atoms with E-state index in [9.17, 15) is 4.79 Å². The van der Waals surface area contributed by atoms with Gasteiger partial charge in [-0.15, -0.1) is 0 Å². The van der Waals surface area contributed by atoms with Crippen LogP contribution in [0.25, 0.3) is 0 Å². The van der Waals surface area contributed by atoms with E-state index in [0.29, 0.717) is 17.1 Å². The summed E-state index contributed by atoms with van der Waals surface area (Å²) in [5.74, 6) is 0.957. The van der Waals surface area contributed by atoms with Crippen molar-refractivity contribution >= 4 is 34.7 Å². The number of nitrogens with one attached hydrogen (secondary N) is 1. The molecule has 23 heavy (non-hydrogen) atoms. The highest BCUT2D eigenvalue weighted by atomic mass is 127. The lowest BCUT2D eigenvalue weighted by molar-refractivity contribution is 0.0955. The average Bonchev–Trinajstić information content (AvgIpc) is 2.54. The summed E-state index contributed by atoms with van der Waals surface area (Å²) in [6.07, 6.45) is 3.06. The normalized spacial score (nSPS) is 10.6. The zero-order valence-corrected chi connectivity index (χ0v) is 15.1. The maximum absolute atomic E-state index is 11.9. The third-order valence-corrected chi connectivity index (χ3v) is 3.81. The van der Waals surface area contributed by atoms with E-state index in [-0.39, 0.29) is 5.91 Å². The summed E-state index contributed by atoms with van der Waals surface area (Å²) in [6.45, 7) is 1.86. The molecule has 0 fully saturated rings. The zero-order chi connectivity index (χ0) is 16.8. The molecule has 1 heterocycles. The minimum Gasteiger partial charge on any atom is -0.493 e. The number of aromatic nitrogens is 1. The molecule has 1 amide bonds. The summed E-state index contributed by atoms with van der Waals surface area (Å²) in [5.41, 5.74) is 4.56. The van der Waals surface area contributed by atoms with Gasteiger partial charge >= 0.3 is 0 Å². The molecule has 0 spiro atoms. The number of benzene rings is 1. The Morgan fingerprint density at radius 3 is 2.70 bits per heavy atom. The zero-order valence-electron chi connectivity index (χ0n) is 13.0. The summed E-state index contributed by atoms with van der Waals surface area (Å²) < 4.78 is 11.4. The van der Waals surface area contributed by atoms with E-state index in [1.165, 1.54) is 6.20 Å². The Balaban J connectivity index is 2.10. The first-order chi connectivity index (χ1) is 11.0. The Morgan fingerprint density at radius 2 is 2.09 bits per heavy atom. The van der Waals surface area contributed by atoms with Crippen molar-refractivity contribution in [1.29, 1.82) is 0 Å². The molecule has 7 heteroatoms. The maximum Gasteiger partial charge on any atom is 0.272 e. The van der Waals surface area contributed by atoms with Gasteiger partial charge < -0.3 is 9.47 Å². The van der Waals surface area contributed by atoms with Gasteiger partial charge in [-0.2, -0.15) is 5.10 Å². The van der Waals surface area contributed by atoms with Crippen LogP contribution in [0.1, 0.15) is 21.6 Å². The van der Waals surface area contributed by atoms with Gasteiger partial charge in [-0.3, -0.25) is 9.78 Å². The molecule has 1 aromatic heterocycles. The fraction of sp³-hybridized carbons (Fsp3) is 0.188. The van der Waals surface area contributed by atoms with Crippen LogP contribution in [0.5, 0.6) is 11.5 Å². The number of methoxy groups -OCH3 is 2. The highest BCUT2D eigenvalue weighted by Gasteiger charge is 2.09. The van der Waals surface area contributed by atoms with Gasteiger partial charge in [0, 0.05) is 11.9 Å². The number of pyridine rings is 1. The van der Waals surface area contributed by atoms with E-state index < -0.39 is 0 Å². The molecule has 2 rings (SSSR count). The highest BCUT2D eigenvalue weighted by molar-refractivity contribution is 14.1. The molecule has 1 N–H and O–H groups in total. The number of nitrogens with zero attached hydrogens (tertiary/aromatic N) is 2. The van der Waals surface area contributed by atoms with Gasteiger partial charge in [-0.05, 0) is 59.3 Å². The van der Waals surface area contributed by atoms with Crippen LogP contribution in [0, 0.1) is 10.5 Å². The van der Waals surface area contributed by atoms with Crippen molar-refractivity contribution in [2.24, 2.45) is 5.10 Å². The van der Waals surface area contributed by atoms with E-state index in [0.717, 1.165) is 14.8 Å². The number of hydrazone groups is 1. The van der Waals surface area contributed by atoms with Crippen LogP contribution in [0.3, 0.4) is 0 Å². The van der Waals surface area contributed by atoms with Crippen LogP contribution in [0.2, 0.25) is 0 Å². The Labute approximate surface area is 148 Å². The first-order valence-corrected chi connectivity index (χ1v) is 7.80. The summed E-state index contributed by atoms with van der Waals surface area (Å²) >= 11 is 2.15. The van der Waals surface area contributed by atoms with Crippen molar-refractivity contribution in [3.63, 3.8) is 0 Å². The van der Waals surface area contributed by atoms with Crippen molar-refractivity contribution in [2.75, 3.05) is 14.2 Å². The number of halogens is 1. The van der Waals surface area contributed by atoms with Crippen LogP contribution in [0.4, 0.5) is 0 Å². The molecule has 0 bridgehead atoms. The molecule has 0 atom stereocenters. The summed E-state index contributed by atoms with van der Waals surface area (Å²) in [6, 6.07) is 7.14. The van der Waals surface area contributed by atoms with Gasteiger partial charge in [-0.1, -0.05) is 0 Å². The van der Waals surface area contributed by atoms with Gasteiger partial charge in [0.2, 0.25) is 0 Å². The second kappa shape index (κ2) is 7.91. The van der Waals surface area contributed by atoms with E-state index in [2.05, 4.69) is 38.1 Å². The molecule has 0 aliphatic rings. The second-order valence-corrected chi connectivity index (χ2v) is 5.79. The number of ether oxygens (including phenoxy) is 2. The lowest BCUT2D eigenvalue weighted by atomic mass is 10.2. The van der Waals surface area contributed by atoms with Crippen LogP contribution < -0.4 is 14.9 Å². The van der Waals surface area contributed by atoms with Crippen LogP contribution in [-0.2, 0) is 0 Å². The third kappa shape index (κ3) is 4.41. The van der Waals surface area contributed by atoms with E-state index in [1.54, 1.807) is 38.6 Å². The lowest BCUT2D eigenvalue weighted by Crippen LogP contribution is -2.17. The van der Waals surface area contributed by atoms with Gasteiger partial charge in [0.15, 0.2) is 11.5 Å². The molecule has 0 saturated heterocycles. The highest BCUT2D eigenvalue weighted by Crippen LogP contribution is 2.32. The lowest BCUT2D eigenvalue weighted by Gasteiger charge is -2.10. The van der Waals surface area contributed by atoms with E-state index in [4.69, 9.17) is 9.47 Å². The van der Waals surface area contributed by atoms with Crippen molar-refractivity contribution in [3.05, 3.63) is 50.9 Å². The van der Waals surface area contributed by atoms with Crippen LogP contribution >= 0.6 is 22.6 Å². The van der Waals surface area contributed by atoms with Crippen molar-refractivity contribution in [2.45, 2.75) is 6.92 Å². The number of hydrogen-bond donors (Lipinski definition) is 1. The molecule has 0 saturated carbocycles. The largest absolute Gasteiger partial charge is 0.493 e. The molecule has 0 radical (unpaired) electrons. The van der Waals surface area contributed by atoms with E-state index >= 15 is 0 Å². The molecule has 0 aliphatic heterocycles. The fourth-order valence-electron chi connectivity index (χ4n) is 1.84. The van der Waals surface area contributed by atoms with Crippen molar-refractivity contribution in [3.8, 4) is 11.5 Å². The number of carbonyl (C=O) groups excluding carboxylic acids is 1. The Kier molecular flexibility index (Phi) is 5.91. The molecule has 120 valence electrons. The number of amides is 1. The fourth-order valence-corrected chi connectivity index (χ4v) is 2.69. The van der Waals surface area contributed by atoms with Gasteiger partial charge in [0.1, 0.15) is 0 Å². The summed E-state index contributed by atoms with van der Waals surface area (Å²) in [7, 11) is 3.16. The Bertz CT molecular complexity index is 730. The van der Waals surface area contributed by atoms with Crippen LogP contribution in [0.15, 0.2) is 35.6 Å². The average molecular weight is 425 g/mol. The number of aryl methyl sites for hydroxylation is 1. The predicted molar refractivity (Wildman–Crippen MR) is 96.3 cm³/mol. The SMILES string of the molecule is COc1cc(C=NNC(=O)c2ccc(C)nc2)cc(I)c1OC. The first-order valence-electron chi connectivity index (χ1n) is 6.72. The van der Waals surface area contributed by atoms with Gasteiger partial charge in [-0.25, -0.2) is 5.43 Å². The molecule has 6 nitrogen and oxygen atoms in total. The van der Waals surface area contributed by atoms with Crippen molar-refractivity contribution in [1.82, 2.24) is 10.4 Å². The number of rotatable bonds is 5. The molecule has 2 aromatic rings. The van der Waals surface area contributed by atoms with E-state index in [1.807, 2.05) is 13.0 Å². The summed E-state index contributed by atoms with van der Waals surface area (Å²) in [5, 5.41) is 3.96. The standard InChI is InChI=1S/C16H16IN3O3/c1-10-4-5-12(9-18-10)16(21)20-19-8-11-6-13(17)15(23-3)14(7-11)22-2/h4-9H,1-3H3,(H,20,21). The molecular weight excluding hydrogens is 409 g/mol. The predicted octanol–water partition coefficient (Wildman–Crippen LogP) is 2.78. The van der Waals surface area contributed by atoms with Crippen LogP contribution in [-0.4, -0.2) is 31.3 Å². The second-order valence-electron chi connectivity index (χ2n) is 4.63. The monoisotopic (exact) mass is 425 g/mol. The maximum atomic E-state index is 11.9. The molecule has 0 aliphatic carbocycles. The first kappa shape index (κ1) is 17.2. The number of hydrogen-bond acceptors (Lipinski definition) is 5. The molecular formula is C16H16IN3O3. The van der Waals surface area contributed by atoms with Gasteiger partial charge in [0.25, 0.3) is 5.91 Å². The smallest absolute Gasteiger partial charge is 0.272 e.